The van der Waals surface area contributed by atoms with Crippen LogP contribution < -0.4 is 10.5 Å². The molecular weight excluding hydrogens is 174 g/mol. The average molecular weight is 191 g/mol. The fourth-order valence-corrected chi connectivity index (χ4v) is 1.90. The summed E-state index contributed by atoms with van der Waals surface area (Å²) in [5, 5.41) is 0. The fraction of sp³-hybridized carbons (Fsp3) is 0.500. The van der Waals surface area contributed by atoms with Crippen LogP contribution >= 0.6 is 0 Å². The van der Waals surface area contributed by atoms with E-state index in [9.17, 15) is 0 Å². The third-order valence-electron chi connectivity index (χ3n) is 2.77. The molecule has 14 heavy (non-hydrogen) atoms. The molecule has 0 spiro atoms. The largest absolute Gasteiger partial charge is 0.493 e. The zero-order chi connectivity index (χ0) is 10.1. The van der Waals surface area contributed by atoms with Crippen LogP contribution in [-0.4, -0.2) is 6.61 Å². The van der Waals surface area contributed by atoms with E-state index in [1.54, 1.807) is 0 Å². The molecule has 1 aromatic carbocycles. The average Bonchev–Trinajstić information content (AvgIpc) is 2.63. The van der Waals surface area contributed by atoms with Crippen molar-refractivity contribution in [2.45, 2.75) is 32.7 Å². The highest BCUT2D eigenvalue weighted by Gasteiger charge is 2.17. The van der Waals surface area contributed by atoms with E-state index in [1.165, 1.54) is 11.1 Å². The summed E-state index contributed by atoms with van der Waals surface area (Å²) >= 11 is 0. The van der Waals surface area contributed by atoms with Gasteiger partial charge < -0.3 is 10.5 Å². The Bertz CT molecular complexity index is 344. The summed E-state index contributed by atoms with van der Waals surface area (Å²) in [6.45, 7) is 5.79. The van der Waals surface area contributed by atoms with Gasteiger partial charge in [-0.2, -0.15) is 0 Å². The van der Waals surface area contributed by atoms with Crippen LogP contribution in [0.25, 0.3) is 0 Å². The summed E-state index contributed by atoms with van der Waals surface area (Å²) in [7, 11) is 0. The monoisotopic (exact) mass is 191 g/mol. The lowest BCUT2D eigenvalue weighted by Gasteiger charge is -2.11. The number of benzene rings is 1. The van der Waals surface area contributed by atoms with Gasteiger partial charge in [-0.1, -0.05) is 26.0 Å². The summed E-state index contributed by atoms with van der Waals surface area (Å²) in [6.07, 6.45) is 1.03. The van der Waals surface area contributed by atoms with Crippen molar-refractivity contribution < 1.29 is 4.74 Å². The van der Waals surface area contributed by atoms with E-state index in [4.69, 9.17) is 10.5 Å². The first-order valence-corrected chi connectivity index (χ1v) is 5.21. The Balaban J connectivity index is 2.49. The molecule has 0 aromatic heterocycles. The number of fused-ring (bicyclic) bond motifs is 1. The number of ether oxygens (including phenoxy) is 1. The number of hydrogen-bond donors (Lipinski definition) is 1. The van der Waals surface area contributed by atoms with Crippen molar-refractivity contribution in [2.75, 3.05) is 6.61 Å². The molecule has 1 aliphatic heterocycles. The first kappa shape index (κ1) is 9.53. The van der Waals surface area contributed by atoms with Crippen LogP contribution in [0, 0.1) is 0 Å². The molecule has 1 aliphatic rings. The van der Waals surface area contributed by atoms with E-state index in [0.717, 1.165) is 24.3 Å². The van der Waals surface area contributed by atoms with Gasteiger partial charge in [0, 0.05) is 18.5 Å². The summed E-state index contributed by atoms with van der Waals surface area (Å²) in [5.74, 6) is 1.60. The highest BCUT2D eigenvalue weighted by atomic mass is 16.5. The van der Waals surface area contributed by atoms with Gasteiger partial charge in [0.05, 0.1) is 6.61 Å². The Labute approximate surface area is 85.1 Å². The molecule has 0 aliphatic carbocycles. The molecule has 2 rings (SSSR count). The molecule has 1 aromatic rings. The van der Waals surface area contributed by atoms with E-state index in [-0.39, 0.29) is 0 Å². The van der Waals surface area contributed by atoms with Crippen LogP contribution in [0.5, 0.6) is 5.75 Å². The maximum Gasteiger partial charge on any atom is 0.127 e. The van der Waals surface area contributed by atoms with Crippen molar-refractivity contribution in [2.24, 2.45) is 5.73 Å². The maximum absolute atomic E-state index is 5.71. The van der Waals surface area contributed by atoms with Crippen molar-refractivity contribution in [1.82, 2.24) is 0 Å². The Kier molecular flexibility index (Phi) is 2.46. The van der Waals surface area contributed by atoms with Gasteiger partial charge in [-0.05, 0) is 17.0 Å². The third kappa shape index (κ3) is 1.50. The third-order valence-corrected chi connectivity index (χ3v) is 2.77. The molecule has 0 bridgehead atoms. The minimum absolute atomic E-state index is 0.561. The lowest BCUT2D eigenvalue weighted by atomic mass is 9.96. The molecular formula is C12H17NO. The van der Waals surface area contributed by atoms with Crippen LogP contribution in [0.3, 0.4) is 0 Å². The Hall–Kier alpha value is -1.02. The van der Waals surface area contributed by atoms with Gasteiger partial charge in [-0.15, -0.1) is 0 Å². The molecule has 0 fully saturated rings. The van der Waals surface area contributed by atoms with Crippen LogP contribution in [0.1, 0.15) is 36.5 Å². The summed E-state index contributed by atoms with van der Waals surface area (Å²) in [5.41, 5.74) is 9.57. The summed E-state index contributed by atoms with van der Waals surface area (Å²) in [4.78, 5) is 0. The van der Waals surface area contributed by atoms with Crippen molar-refractivity contribution >= 4 is 0 Å². The SMILES string of the molecule is CC(C)c1cc(CN)c2c(c1)CCO2. The second kappa shape index (κ2) is 3.62. The Morgan fingerprint density at radius 1 is 1.43 bits per heavy atom. The van der Waals surface area contributed by atoms with Crippen LogP contribution in [0.2, 0.25) is 0 Å². The molecule has 2 N–H and O–H groups in total. The predicted octanol–water partition coefficient (Wildman–Crippen LogP) is 2.20. The van der Waals surface area contributed by atoms with Gasteiger partial charge in [-0.3, -0.25) is 0 Å². The molecule has 2 heteroatoms. The molecule has 1 heterocycles. The quantitative estimate of drug-likeness (QED) is 0.777. The van der Waals surface area contributed by atoms with E-state index >= 15 is 0 Å². The molecule has 2 nitrogen and oxygen atoms in total. The van der Waals surface area contributed by atoms with Crippen LogP contribution in [0.15, 0.2) is 12.1 Å². The maximum atomic E-state index is 5.71. The molecule has 0 atom stereocenters. The molecule has 0 saturated heterocycles. The van der Waals surface area contributed by atoms with Gasteiger partial charge in [0.2, 0.25) is 0 Å². The summed E-state index contributed by atoms with van der Waals surface area (Å²) < 4.78 is 5.58. The lowest BCUT2D eigenvalue weighted by molar-refractivity contribution is 0.353. The topological polar surface area (TPSA) is 35.2 Å². The minimum atomic E-state index is 0.561. The zero-order valence-electron chi connectivity index (χ0n) is 8.84. The highest BCUT2D eigenvalue weighted by Crippen LogP contribution is 2.32. The smallest absolute Gasteiger partial charge is 0.127 e. The van der Waals surface area contributed by atoms with Crippen LogP contribution in [-0.2, 0) is 13.0 Å². The minimum Gasteiger partial charge on any atom is -0.493 e. The van der Waals surface area contributed by atoms with Gasteiger partial charge in [0.15, 0.2) is 0 Å². The molecule has 0 radical (unpaired) electrons. The van der Waals surface area contributed by atoms with Crippen molar-refractivity contribution in [3.63, 3.8) is 0 Å². The molecule has 0 saturated carbocycles. The van der Waals surface area contributed by atoms with E-state index in [2.05, 4.69) is 26.0 Å². The molecule has 0 amide bonds. The van der Waals surface area contributed by atoms with Crippen molar-refractivity contribution in [1.29, 1.82) is 0 Å². The van der Waals surface area contributed by atoms with Gasteiger partial charge in [0.1, 0.15) is 5.75 Å². The Morgan fingerprint density at radius 3 is 2.86 bits per heavy atom. The van der Waals surface area contributed by atoms with Gasteiger partial charge in [0.25, 0.3) is 0 Å². The second-order valence-corrected chi connectivity index (χ2v) is 4.13. The van der Waals surface area contributed by atoms with Crippen LogP contribution in [0.4, 0.5) is 0 Å². The number of rotatable bonds is 2. The highest BCUT2D eigenvalue weighted by molar-refractivity contribution is 5.47. The molecule has 76 valence electrons. The zero-order valence-corrected chi connectivity index (χ0v) is 8.84. The Morgan fingerprint density at radius 2 is 2.21 bits per heavy atom. The van der Waals surface area contributed by atoms with Crippen molar-refractivity contribution in [3.8, 4) is 5.75 Å². The predicted molar refractivity (Wildman–Crippen MR) is 57.6 cm³/mol. The van der Waals surface area contributed by atoms with E-state index in [0.29, 0.717) is 12.5 Å². The second-order valence-electron chi connectivity index (χ2n) is 4.13. The van der Waals surface area contributed by atoms with Gasteiger partial charge >= 0.3 is 0 Å². The standard InChI is InChI=1S/C12H17NO/c1-8(2)10-5-9-3-4-14-12(9)11(6-10)7-13/h5-6,8H,3-4,7,13H2,1-2H3. The van der Waals surface area contributed by atoms with E-state index in [1.807, 2.05) is 0 Å². The summed E-state index contributed by atoms with van der Waals surface area (Å²) in [6, 6.07) is 4.43. The number of hydrogen-bond acceptors (Lipinski definition) is 2. The normalized spacial score (nSPS) is 14.3. The first-order chi connectivity index (χ1) is 6.72. The lowest BCUT2D eigenvalue weighted by Crippen LogP contribution is -2.01. The fourth-order valence-electron chi connectivity index (χ4n) is 1.90. The molecule has 0 unspecified atom stereocenters. The van der Waals surface area contributed by atoms with E-state index < -0.39 is 0 Å². The van der Waals surface area contributed by atoms with Crippen molar-refractivity contribution in [3.05, 3.63) is 28.8 Å². The first-order valence-electron chi connectivity index (χ1n) is 5.21. The van der Waals surface area contributed by atoms with Gasteiger partial charge in [-0.25, -0.2) is 0 Å². The number of nitrogens with two attached hydrogens (primary N) is 1.